The molecule has 5 nitrogen and oxygen atoms in total. The van der Waals surface area contributed by atoms with E-state index in [9.17, 15) is 9.59 Å². The first-order chi connectivity index (χ1) is 9.61. The Kier molecular flexibility index (Phi) is 6.49. The lowest BCUT2D eigenvalue weighted by Crippen LogP contribution is -2.33. The van der Waals surface area contributed by atoms with Gasteiger partial charge in [0, 0.05) is 13.1 Å². The standard InChI is InChI=1S/C15H19NO4.ClH/c1-2-11-5-3-4-6-13(11)20-10-14(17)16-8-7-12(9-16)15(18)19;/h3-6,12H,2,7-10H2,1H3,(H,18,19);1H. The van der Waals surface area contributed by atoms with Crippen molar-refractivity contribution in [2.45, 2.75) is 19.8 Å². The molecule has 0 saturated carbocycles. The molecule has 116 valence electrons. The highest BCUT2D eigenvalue weighted by atomic mass is 35.5. The molecule has 0 bridgehead atoms. The summed E-state index contributed by atoms with van der Waals surface area (Å²) in [5, 5.41) is 8.92. The quantitative estimate of drug-likeness (QED) is 0.902. The van der Waals surface area contributed by atoms with Gasteiger partial charge < -0.3 is 14.7 Å². The van der Waals surface area contributed by atoms with Gasteiger partial charge in [-0.25, -0.2) is 0 Å². The highest BCUT2D eigenvalue weighted by molar-refractivity contribution is 5.85. The Morgan fingerprint density at radius 3 is 2.71 bits per heavy atom. The van der Waals surface area contributed by atoms with Crippen LogP contribution in [0.25, 0.3) is 0 Å². The molecule has 0 spiro atoms. The van der Waals surface area contributed by atoms with Crippen molar-refractivity contribution in [1.29, 1.82) is 0 Å². The minimum absolute atomic E-state index is 0. The number of ether oxygens (including phenoxy) is 1. The topological polar surface area (TPSA) is 66.8 Å². The largest absolute Gasteiger partial charge is 0.483 e. The molecule has 1 saturated heterocycles. The van der Waals surface area contributed by atoms with E-state index in [2.05, 4.69) is 0 Å². The number of carboxylic acid groups (broad SMARTS) is 1. The molecular weight excluding hydrogens is 294 g/mol. The van der Waals surface area contributed by atoms with Gasteiger partial charge in [0.25, 0.3) is 5.91 Å². The van der Waals surface area contributed by atoms with Crippen LogP contribution in [-0.4, -0.2) is 41.6 Å². The van der Waals surface area contributed by atoms with Crippen LogP contribution in [0.1, 0.15) is 18.9 Å². The number of carbonyl (C=O) groups excluding carboxylic acids is 1. The molecule has 1 aromatic carbocycles. The van der Waals surface area contributed by atoms with Gasteiger partial charge in [-0.1, -0.05) is 25.1 Å². The monoisotopic (exact) mass is 313 g/mol. The van der Waals surface area contributed by atoms with Crippen molar-refractivity contribution in [3.8, 4) is 5.75 Å². The molecule has 6 heteroatoms. The number of likely N-dealkylation sites (tertiary alicyclic amines) is 1. The number of aryl methyl sites for hydroxylation is 1. The van der Waals surface area contributed by atoms with Crippen molar-refractivity contribution in [3.63, 3.8) is 0 Å². The molecule has 1 N–H and O–H groups in total. The minimum atomic E-state index is -0.836. The Morgan fingerprint density at radius 1 is 1.38 bits per heavy atom. The summed E-state index contributed by atoms with van der Waals surface area (Å²) in [5.74, 6) is -0.712. The molecule has 1 aliphatic heterocycles. The van der Waals surface area contributed by atoms with Gasteiger partial charge in [0.05, 0.1) is 5.92 Å². The fourth-order valence-corrected chi connectivity index (χ4v) is 2.36. The van der Waals surface area contributed by atoms with Gasteiger partial charge in [-0.2, -0.15) is 0 Å². The third-order valence-electron chi connectivity index (χ3n) is 3.59. The van der Waals surface area contributed by atoms with Gasteiger partial charge in [0.1, 0.15) is 5.75 Å². The average Bonchev–Trinajstić information content (AvgIpc) is 2.95. The van der Waals surface area contributed by atoms with Crippen molar-refractivity contribution in [1.82, 2.24) is 4.90 Å². The molecule has 1 unspecified atom stereocenters. The second-order valence-corrected chi connectivity index (χ2v) is 4.91. The minimum Gasteiger partial charge on any atom is -0.483 e. The number of nitrogens with zero attached hydrogens (tertiary/aromatic N) is 1. The Labute approximate surface area is 130 Å². The van der Waals surface area contributed by atoms with Gasteiger partial charge in [-0.05, 0) is 24.5 Å². The number of halogens is 1. The number of aliphatic carboxylic acids is 1. The first kappa shape index (κ1) is 17.3. The molecule has 0 aliphatic carbocycles. The summed E-state index contributed by atoms with van der Waals surface area (Å²) in [6.07, 6.45) is 1.36. The van der Waals surface area contributed by atoms with Gasteiger partial charge in [-0.3, -0.25) is 9.59 Å². The zero-order valence-corrected chi connectivity index (χ0v) is 12.8. The molecule has 1 aliphatic rings. The maximum absolute atomic E-state index is 12.0. The van der Waals surface area contributed by atoms with Crippen LogP contribution in [0.3, 0.4) is 0 Å². The molecule has 1 atom stereocenters. The van der Waals surface area contributed by atoms with Crippen molar-refractivity contribution >= 4 is 24.3 Å². The van der Waals surface area contributed by atoms with Crippen LogP contribution in [0.15, 0.2) is 24.3 Å². The summed E-state index contributed by atoms with van der Waals surface area (Å²) in [4.78, 5) is 24.4. The summed E-state index contributed by atoms with van der Waals surface area (Å²) in [6, 6.07) is 7.62. The van der Waals surface area contributed by atoms with Crippen LogP contribution in [0.4, 0.5) is 0 Å². The number of amides is 1. The Balaban J connectivity index is 0.00000220. The maximum atomic E-state index is 12.0. The van der Waals surface area contributed by atoms with Crippen LogP contribution in [0.2, 0.25) is 0 Å². The van der Waals surface area contributed by atoms with E-state index in [4.69, 9.17) is 9.84 Å². The summed E-state index contributed by atoms with van der Waals surface area (Å²) in [6.45, 7) is 2.77. The lowest BCUT2D eigenvalue weighted by atomic mass is 10.1. The van der Waals surface area contributed by atoms with E-state index < -0.39 is 11.9 Å². The molecule has 0 aromatic heterocycles. The highest BCUT2D eigenvalue weighted by Crippen LogP contribution is 2.20. The van der Waals surface area contributed by atoms with Crippen LogP contribution in [-0.2, 0) is 16.0 Å². The predicted octanol–water partition coefficient (Wildman–Crippen LogP) is 1.98. The second kappa shape index (κ2) is 7.88. The summed E-state index contributed by atoms with van der Waals surface area (Å²) >= 11 is 0. The molecule has 1 heterocycles. The van der Waals surface area contributed by atoms with E-state index in [1.54, 1.807) is 4.90 Å². The van der Waals surface area contributed by atoms with Crippen LogP contribution < -0.4 is 4.74 Å². The van der Waals surface area contributed by atoms with E-state index in [0.29, 0.717) is 13.0 Å². The van der Waals surface area contributed by atoms with Crippen LogP contribution in [0, 0.1) is 5.92 Å². The Bertz CT molecular complexity index is 506. The van der Waals surface area contributed by atoms with Crippen molar-refractivity contribution in [2.75, 3.05) is 19.7 Å². The molecular formula is C15H20ClNO4. The lowest BCUT2D eigenvalue weighted by Gasteiger charge is -2.17. The summed E-state index contributed by atoms with van der Waals surface area (Å²) in [5.41, 5.74) is 1.06. The third-order valence-corrected chi connectivity index (χ3v) is 3.59. The number of hydrogen-bond acceptors (Lipinski definition) is 3. The number of carbonyl (C=O) groups is 2. The lowest BCUT2D eigenvalue weighted by molar-refractivity contribution is -0.141. The number of rotatable bonds is 5. The van der Waals surface area contributed by atoms with Gasteiger partial charge in [-0.15, -0.1) is 12.4 Å². The van der Waals surface area contributed by atoms with Gasteiger partial charge in [0.15, 0.2) is 6.61 Å². The van der Waals surface area contributed by atoms with E-state index in [1.807, 2.05) is 31.2 Å². The predicted molar refractivity (Wildman–Crippen MR) is 80.9 cm³/mol. The number of para-hydroxylation sites is 1. The molecule has 1 fully saturated rings. The van der Waals surface area contributed by atoms with E-state index in [-0.39, 0.29) is 31.5 Å². The average molecular weight is 314 g/mol. The fourth-order valence-electron chi connectivity index (χ4n) is 2.36. The molecule has 21 heavy (non-hydrogen) atoms. The molecule has 1 amide bonds. The zero-order chi connectivity index (χ0) is 14.5. The summed E-state index contributed by atoms with van der Waals surface area (Å²) < 4.78 is 5.56. The first-order valence-corrected chi connectivity index (χ1v) is 6.83. The van der Waals surface area contributed by atoms with Crippen molar-refractivity contribution in [2.24, 2.45) is 5.92 Å². The number of hydrogen-bond donors (Lipinski definition) is 1. The normalized spacial score (nSPS) is 17.2. The van der Waals surface area contributed by atoms with Crippen molar-refractivity contribution in [3.05, 3.63) is 29.8 Å². The first-order valence-electron chi connectivity index (χ1n) is 6.83. The smallest absolute Gasteiger partial charge is 0.308 e. The van der Waals surface area contributed by atoms with Crippen LogP contribution in [0.5, 0.6) is 5.75 Å². The van der Waals surface area contributed by atoms with E-state index >= 15 is 0 Å². The van der Waals surface area contributed by atoms with Gasteiger partial charge >= 0.3 is 5.97 Å². The van der Waals surface area contributed by atoms with Crippen molar-refractivity contribution < 1.29 is 19.4 Å². The number of carboxylic acids is 1. The SMILES string of the molecule is CCc1ccccc1OCC(=O)N1CCC(C(=O)O)C1.Cl. The Morgan fingerprint density at radius 2 is 2.10 bits per heavy atom. The Hall–Kier alpha value is -1.75. The molecule has 1 aromatic rings. The zero-order valence-electron chi connectivity index (χ0n) is 11.9. The summed E-state index contributed by atoms with van der Waals surface area (Å²) in [7, 11) is 0. The van der Waals surface area contributed by atoms with E-state index in [1.165, 1.54) is 0 Å². The molecule has 2 rings (SSSR count). The third kappa shape index (κ3) is 4.36. The maximum Gasteiger partial charge on any atom is 0.308 e. The second-order valence-electron chi connectivity index (χ2n) is 4.91. The van der Waals surface area contributed by atoms with Crippen LogP contribution >= 0.6 is 12.4 Å². The van der Waals surface area contributed by atoms with Gasteiger partial charge in [0.2, 0.25) is 0 Å². The fraction of sp³-hybridized carbons (Fsp3) is 0.467. The molecule has 0 radical (unpaired) electrons. The number of benzene rings is 1. The highest BCUT2D eigenvalue weighted by Gasteiger charge is 2.30. The van der Waals surface area contributed by atoms with E-state index in [0.717, 1.165) is 17.7 Å².